The van der Waals surface area contributed by atoms with Crippen molar-refractivity contribution in [3.8, 4) is 0 Å². The molecular formula is C31H56N2O2. The monoisotopic (exact) mass is 488 g/mol. The Kier molecular flexibility index (Phi) is 17.8. The summed E-state index contributed by atoms with van der Waals surface area (Å²) >= 11 is 0. The maximum absolute atomic E-state index is 12.5. The Hall–Kier alpha value is -1.32. The van der Waals surface area contributed by atoms with Crippen LogP contribution in [0.5, 0.6) is 0 Å². The van der Waals surface area contributed by atoms with E-state index >= 15 is 0 Å². The SMILES string of the molecule is CCCCCCCC/C=C/CCCCCCCC(=O)OC(=NC1CCCCC1)NC1CCCCC1. The summed E-state index contributed by atoms with van der Waals surface area (Å²) in [5.41, 5.74) is 0. The predicted octanol–water partition coefficient (Wildman–Crippen LogP) is 9.18. The number of hydrogen-bond donors (Lipinski definition) is 1. The molecule has 0 aliphatic heterocycles. The summed E-state index contributed by atoms with van der Waals surface area (Å²) in [5.74, 6) is -0.111. The van der Waals surface area contributed by atoms with Crippen LogP contribution in [0.15, 0.2) is 17.1 Å². The molecule has 2 rings (SSSR count). The Morgan fingerprint density at radius 2 is 1.29 bits per heavy atom. The quantitative estimate of drug-likeness (QED) is 0.0729. The second kappa shape index (κ2) is 20.8. The number of amidine groups is 1. The second-order valence-electron chi connectivity index (χ2n) is 11.0. The van der Waals surface area contributed by atoms with Crippen LogP contribution in [-0.2, 0) is 9.53 Å². The van der Waals surface area contributed by atoms with Crippen molar-refractivity contribution in [1.82, 2.24) is 5.32 Å². The van der Waals surface area contributed by atoms with Gasteiger partial charge in [-0.25, -0.2) is 4.99 Å². The van der Waals surface area contributed by atoms with Crippen molar-refractivity contribution in [2.75, 3.05) is 0 Å². The van der Waals surface area contributed by atoms with E-state index in [2.05, 4.69) is 24.4 Å². The highest BCUT2D eigenvalue weighted by Crippen LogP contribution is 2.22. The first kappa shape index (κ1) is 29.9. The van der Waals surface area contributed by atoms with Crippen LogP contribution in [0.4, 0.5) is 0 Å². The molecule has 0 saturated heterocycles. The van der Waals surface area contributed by atoms with E-state index in [1.165, 1.54) is 109 Å². The van der Waals surface area contributed by atoms with Crippen molar-refractivity contribution in [2.24, 2.45) is 4.99 Å². The average molecular weight is 489 g/mol. The lowest BCUT2D eigenvalue weighted by atomic mass is 9.95. The number of allylic oxidation sites excluding steroid dienone is 2. The van der Waals surface area contributed by atoms with E-state index in [0.717, 1.165) is 38.5 Å². The molecule has 35 heavy (non-hydrogen) atoms. The molecule has 0 atom stereocenters. The Morgan fingerprint density at radius 3 is 1.91 bits per heavy atom. The minimum atomic E-state index is -0.111. The van der Waals surface area contributed by atoms with E-state index in [9.17, 15) is 4.79 Å². The van der Waals surface area contributed by atoms with Crippen LogP contribution in [0.1, 0.15) is 161 Å². The Labute approximate surface area is 217 Å². The zero-order chi connectivity index (χ0) is 24.8. The highest BCUT2D eigenvalue weighted by molar-refractivity contribution is 5.87. The van der Waals surface area contributed by atoms with E-state index in [1.54, 1.807) is 0 Å². The van der Waals surface area contributed by atoms with Crippen LogP contribution in [-0.4, -0.2) is 24.1 Å². The summed E-state index contributed by atoms with van der Waals surface area (Å²) in [6.45, 7) is 2.27. The minimum absolute atomic E-state index is 0.111. The van der Waals surface area contributed by atoms with Crippen molar-refractivity contribution in [3.05, 3.63) is 12.2 Å². The maximum atomic E-state index is 12.5. The van der Waals surface area contributed by atoms with Gasteiger partial charge >= 0.3 is 5.97 Å². The number of carbonyl (C=O) groups is 1. The highest BCUT2D eigenvalue weighted by atomic mass is 16.6. The zero-order valence-electron chi connectivity index (χ0n) is 23.0. The summed E-state index contributed by atoms with van der Waals surface area (Å²) in [6.07, 6.45) is 34.0. The van der Waals surface area contributed by atoms with E-state index in [0.29, 0.717) is 24.5 Å². The molecule has 4 nitrogen and oxygen atoms in total. The van der Waals surface area contributed by atoms with Crippen molar-refractivity contribution >= 4 is 12.0 Å². The number of esters is 1. The fourth-order valence-corrected chi connectivity index (χ4v) is 5.39. The zero-order valence-corrected chi connectivity index (χ0v) is 23.0. The van der Waals surface area contributed by atoms with Crippen molar-refractivity contribution in [2.45, 2.75) is 173 Å². The van der Waals surface area contributed by atoms with Gasteiger partial charge in [0.15, 0.2) is 0 Å². The smallest absolute Gasteiger partial charge is 0.313 e. The van der Waals surface area contributed by atoms with Gasteiger partial charge in [0.2, 0.25) is 0 Å². The number of nitrogens with one attached hydrogen (secondary N) is 1. The van der Waals surface area contributed by atoms with Gasteiger partial charge in [-0.2, -0.15) is 0 Å². The number of rotatable bonds is 17. The molecule has 2 fully saturated rings. The molecular weight excluding hydrogens is 432 g/mol. The highest BCUT2D eigenvalue weighted by Gasteiger charge is 2.20. The lowest BCUT2D eigenvalue weighted by Gasteiger charge is -2.25. The first-order chi connectivity index (χ1) is 17.3. The van der Waals surface area contributed by atoms with Gasteiger partial charge in [0.05, 0.1) is 6.04 Å². The molecule has 2 aliphatic carbocycles. The second-order valence-corrected chi connectivity index (χ2v) is 11.0. The number of ether oxygens (including phenoxy) is 1. The number of hydrogen-bond acceptors (Lipinski definition) is 3. The van der Waals surface area contributed by atoms with Gasteiger partial charge in [-0.05, 0) is 57.8 Å². The first-order valence-electron chi connectivity index (χ1n) is 15.5. The van der Waals surface area contributed by atoms with Gasteiger partial charge in [0, 0.05) is 12.5 Å². The van der Waals surface area contributed by atoms with Crippen LogP contribution in [0.25, 0.3) is 0 Å². The van der Waals surface area contributed by atoms with E-state index in [4.69, 9.17) is 9.73 Å². The van der Waals surface area contributed by atoms with Gasteiger partial charge < -0.3 is 10.1 Å². The fourth-order valence-electron chi connectivity index (χ4n) is 5.39. The molecule has 4 heteroatoms. The normalized spacial score (nSPS) is 18.3. The largest absolute Gasteiger partial charge is 0.393 e. The van der Waals surface area contributed by atoms with Crippen LogP contribution in [0.3, 0.4) is 0 Å². The summed E-state index contributed by atoms with van der Waals surface area (Å²) in [6, 6.07) is 1.25. The third-order valence-electron chi connectivity index (χ3n) is 7.66. The van der Waals surface area contributed by atoms with Gasteiger partial charge in [0.25, 0.3) is 6.02 Å². The predicted molar refractivity (Wildman–Crippen MR) is 150 cm³/mol. The average Bonchev–Trinajstić information content (AvgIpc) is 2.87. The lowest BCUT2D eigenvalue weighted by Crippen LogP contribution is -2.39. The topological polar surface area (TPSA) is 50.7 Å². The van der Waals surface area contributed by atoms with E-state index in [1.807, 2.05) is 0 Å². The molecule has 0 spiro atoms. The molecule has 0 aromatic heterocycles. The van der Waals surface area contributed by atoms with Crippen molar-refractivity contribution in [3.63, 3.8) is 0 Å². The van der Waals surface area contributed by atoms with Crippen LogP contribution >= 0.6 is 0 Å². The van der Waals surface area contributed by atoms with Gasteiger partial charge in [-0.1, -0.05) is 109 Å². The molecule has 0 unspecified atom stereocenters. The molecule has 2 saturated carbocycles. The molecule has 0 radical (unpaired) electrons. The van der Waals surface area contributed by atoms with Crippen molar-refractivity contribution < 1.29 is 9.53 Å². The standard InChI is InChI=1S/C31H56N2O2/c1-2-3-4-5-6-7-8-9-10-11-12-13-14-15-22-27-30(34)35-31(32-28-23-18-16-19-24-28)33-29-25-20-17-21-26-29/h9-10,28-29H,2-8,11-27H2,1H3,(H,32,33)/b10-9+. The molecule has 2 aliphatic rings. The lowest BCUT2D eigenvalue weighted by molar-refractivity contribution is -0.136. The molecule has 0 heterocycles. The van der Waals surface area contributed by atoms with Gasteiger partial charge in [0.1, 0.15) is 0 Å². The first-order valence-corrected chi connectivity index (χ1v) is 15.5. The Bertz CT molecular complexity index is 575. The molecule has 0 bridgehead atoms. The molecule has 1 N–H and O–H groups in total. The fraction of sp³-hybridized carbons (Fsp3) is 0.871. The number of aliphatic imine (C=N–C) groups is 1. The Morgan fingerprint density at radius 1 is 0.743 bits per heavy atom. The third-order valence-corrected chi connectivity index (χ3v) is 7.66. The molecule has 0 aromatic rings. The summed E-state index contributed by atoms with van der Waals surface area (Å²) in [7, 11) is 0. The molecule has 0 aromatic carbocycles. The van der Waals surface area contributed by atoms with Crippen LogP contribution in [0.2, 0.25) is 0 Å². The third kappa shape index (κ3) is 16.1. The van der Waals surface area contributed by atoms with Crippen LogP contribution < -0.4 is 5.32 Å². The van der Waals surface area contributed by atoms with E-state index in [-0.39, 0.29) is 5.97 Å². The van der Waals surface area contributed by atoms with Crippen LogP contribution in [0, 0.1) is 0 Å². The number of nitrogens with zero attached hydrogens (tertiary/aromatic N) is 1. The number of carbonyl (C=O) groups excluding carboxylic acids is 1. The minimum Gasteiger partial charge on any atom is -0.393 e. The van der Waals surface area contributed by atoms with Crippen molar-refractivity contribution in [1.29, 1.82) is 0 Å². The summed E-state index contributed by atoms with van der Waals surface area (Å²) < 4.78 is 5.77. The Balaban J connectivity index is 1.52. The van der Waals surface area contributed by atoms with Gasteiger partial charge in [-0.3, -0.25) is 4.79 Å². The molecule has 202 valence electrons. The summed E-state index contributed by atoms with van der Waals surface area (Å²) in [4.78, 5) is 17.4. The van der Waals surface area contributed by atoms with Gasteiger partial charge in [-0.15, -0.1) is 0 Å². The maximum Gasteiger partial charge on any atom is 0.313 e. The van der Waals surface area contributed by atoms with E-state index < -0.39 is 0 Å². The number of unbranched alkanes of at least 4 members (excludes halogenated alkanes) is 11. The summed E-state index contributed by atoms with van der Waals surface area (Å²) in [5, 5.41) is 3.49. The molecule has 0 amide bonds.